The Morgan fingerprint density at radius 1 is 1.40 bits per heavy atom. The van der Waals surface area contributed by atoms with Crippen molar-refractivity contribution in [3.05, 3.63) is 16.8 Å². The van der Waals surface area contributed by atoms with Crippen LogP contribution in [-0.2, 0) is 17.6 Å². The summed E-state index contributed by atoms with van der Waals surface area (Å²) < 4.78 is 0. The summed E-state index contributed by atoms with van der Waals surface area (Å²) in [5.41, 5.74) is 1.41. The quantitative estimate of drug-likeness (QED) is 0.646. The number of thiophene rings is 1. The van der Waals surface area contributed by atoms with E-state index in [1.165, 1.54) is 22.2 Å². The molecule has 2 aromatic heterocycles. The normalized spacial score (nSPS) is 15.3. The van der Waals surface area contributed by atoms with E-state index in [1.54, 1.807) is 48.4 Å². The Labute approximate surface area is 126 Å². The Bertz CT molecular complexity index is 666. The van der Waals surface area contributed by atoms with Crippen molar-refractivity contribution in [3.8, 4) is 0 Å². The third-order valence-corrected chi connectivity index (χ3v) is 5.83. The van der Waals surface area contributed by atoms with E-state index in [9.17, 15) is 4.79 Å². The summed E-state index contributed by atoms with van der Waals surface area (Å²) in [6.07, 6.45) is 5.12. The molecule has 0 radical (unpaired) electrons. The van der Waals surface area contributed by atoms with Gasteiger partial charge in [0.1, 0.15) is 16.2 Å². The number of hydrogen-bond donors (Lipinski definition) is 0. The maximum atomic E-state index is 12.0. The highest BCUT2D eigenvalue weighted by Gasteiger charge is 2.24. The lowest BCUT2D eigenvalue weighted by atomic mass is 10.2. The zero-order valence-corrected chi connectivity index (χ0v) is 13.5. The van der Waals surface area contributed by atoms with Crippen LogP contribution in [0.15, 0.2) is 11.4 Å². The minimum absolute atomic E-state index is 0.119. The van der Waals surface area contributed by atoms with E-state index in [0.717, 1.165) is 22.7 Å². The zero-order valence-electron chi connectivity index (χ0n) is 11.8. The van der Waals surface area contributed by atoms with Crippen LogP contribution < -0.4 is 0 Å². The van der Waals surface area contributed by atoms with E-state index in [-0.39, 0.29) is 11.2 Å². The molecular weight excluding hydrogens is 290 g/mol. The second-order valence-electron chi connectivity index (χ2n) is 5.21. The molecule has 1 aliphatic rings. The lowest BCUT2D eigenvalue weighted by molar-refractivity contribution is -0.127. The van der Waals surface area contributed by atoms with Crippen LogP contribution in [-0.4, -0.2) is 40.1 Å². The monoisotopic (exact) mass is 307 g/mol. The molecule has 0 saturated carbocycles. The van der Waals surface area contributed by atoms with Gasteiger partial charge in [-0.2, -0.15) is 0 Å². The number of thioether (sulfide) groups is 1. The Hall–Kier alpha value is -1.14. The molecule has 1 atom stereocenters. The number of hydrogen-bond acceptors (Lipinski definition) is 5. The van der Waals surface area contributed by atoms with Crippen LogP contribution >= 0.6 is 23.1 Å². The first-order valence-electron chi connectivity index (χ1n) is 6.71. The minimum atomic E-state index is -0.125. The summed E-state index contributed by atoms with van der Waals surface area (Å²) in [6, 6.07) is 0. The molecule has 1 aliphatic carbocycles. The van der Waals surface area contributed by atoms with Gasteiger partial charge in [-0.1, -0.05) is 11.8 Å². The second kappa shape index (κ2) is 5.33. The van der Waals surface area contributed by atoms with Gasteiger partial charge >= 0.3 is 0 Å². The Kier molecular flexibility index (Phi) is 3.69. The number of fused-ring (bicyclic) bond motifs is 3. The van der Waals surface area contributed by atoms with Gasteiger partial charge < -0.3 is 4.90 Å². The van der Waals surface area contributed by atoms with Crippen LogP contribution in [0.25, 0.3) is 10.2 Å². The van der Waals surface area contributed by atoms with Crippen molar-refractivity contribution in [2.45, 2.75) is 36.5 Å². The molecule has 0 unspecified atom stereocenters. The predicted molar refractivity (Wildman–Crippen MR) is 83.5 cm³/mol. The molecule has 2 aromatic rings. The average molecular weight is 307 g/mol. The van der Waals surface area contributed by atoms with Crippen LogP contribution in [0.5, 0.6) is 0 Å². The van der Waals surface area contributed by atoms with E-state index < -0.39 is 0 Å². The summed E-state index contributed by atoms with van der Waals surface area (Å²) >= 11 is 3.33. The standard InChI is InChI=1S/C14H17N3OS2/c1-8(14(18)17(2)3)19-12-11-9-5-4-6-10(9)20-13(11)16-7-15-12/h7-8H,4-6H2,1-3H3/t8-/m1/s1. The van der Waals surface area contributed by atoms with E-state index in [1.807, 2.05) is 6.92 Å². The van der Waals surface area contributed by atoms with E-state index >= 15 is 0 Å². The number of carbonyl (C=O) groups is 1. The van der Waals surface area contributed by atoms with Crippen molar-refractivity contribution >= 4 is 39.2 Å². The van der Waals surface area contributed by atoms with Gasteiger partial charge in [0.25, 0.3) is 0 Å². The minimum Gasteiger partial charge on any atom is -0.348 e. The molecule has 106 valence electrons. The molecule has 4 nitrogen and oxygen atoms in total. The predicted octanol–water partition coefficient (Wildman–Crippen LogP) is 2.75. The van der Waals surface area contributed by atoms with Gasteiger partial charge in [0, 0.05) is 24.4 Å². The fraction of sp³-hybridized carbons (Fsp3) is 0.500. The molecule has 0 aromatic carbocycles. The number of carbonyl (C=O) groups excluding carboxylic acids is 1. The Balaban J connectivity index is 1.98. The summed E-state index contributed by atoms with van der Waals surface area (Å²) in [7, 11) is 3.58. The molecule has 0 N–H and O–H groups in total. The summed E-state index contributed by atoms with van der Waals surface area (Å²) in [5.74, 6) is 0.119. The smallest absolute Gasteiger partial charge is 0.235 e. The first-order valence-corrected chi connectivity index (χ1v) is 8.40. The molecule has 2 heterocycles. The summed E-state index contributed by atoms with van der Waals surface area (Å²) in [5, 5.41) is 2.02. The maximum absolute atomic E-state index is 12.0. The van der Waals surface area contributed by atoms with Crippen LogP contribution in [0.1, 0.15) is 23.8 Å². The topological polar surface area (TPSA) is 46.1 Å². The summed E-state index contributed by atoms with van der Waals surface area (Å²) in [6.45, 7) is 1.94. The van der Waals surface area contributed by atoms with E-state index in [2.05, 4.69) is 9.97 Å². The second-order valence-corrected chi connectivity index (χ2v) is 7.62. The fourth-order valence-corrected chi connectivity index (χ4v) is 4.96. The number of nitrogens with zero attached hydrogens (tertiary/aromatic N) is 3. The molecule has 0 bridgehead atoms. The molecule has 0 aliphatic heterocycles. The van der Waals surface area contributed by atoms with Gasteiger partial charge in [-0.15, -0.1) is 11.3 Å². The fourth-order valence-electron chi connectivity index (χ4n) is 2.57. The molecule has 0 spiro atoms. The Morgan fingerprint density at radius 3 is 2.95 bits per heavy atom. The molecule has 6 heteroatoms. The lowest BCUT2D eigenvalue weighted by Gasteiger charge is -2.16. The molecule has 1 amide bonds. The lowest BCUT2D eigenvalue weighted by Crippen LogP contribution is -2.29. The van der Waals surface area contributed by atoms with Crippen LogP contribution in [0.3, 0.4) is 0 Å². The maximum Gasteiger partial charge on any atom is 0.235 e. The number of aryl methyl sites for hydroxylation is 2. The van der Waals surface area contributed by atoms with Gasteiger partial charge in [0.05, 0.1) is 5.25 Å². The molecule has 0 saturated heterocycles. The Morgan fingerprint density at radius 2 is 2.20 bits per heavy atom. The number of amides is 1. The number of aromatic nitrogens is 2. The van der Waals surface area contributed by atoms with Gasteiger partial charge in [0.2, 0.25) is 5.91 Å². The van der Waals surface area contributed by atoms with Crippen molar-refractivity contribution in [1.29, 1.82) is 0 Å². The van der Waals surface area contributed by atoms with Gasteiger partial charge in [-0.25, -0.2) is 9.97 Å². The van der Waals surface area contributed by atoms with Gasteiger partial charge in [-0.3, -0.25) is 4.79 Å². The molecule has 3 rings (SSSR count). The van der Waals surface area contributed by atoms with E-state index in [4.69, 9.17) is 0 Å². The van der Waals surface area contributed by atoms with Gasteiger partial charge in [-0.05, 0) is 31.7 Å². The van der Waals surface area contributed by atoms with Crippen LogP contribution in [0.2, 0.25) is 0 Å². The SMILES string of the molecule is C[C@@H](Sc1ncnc2sc3c(c12)CCC3)C(=O)N(C)C. The van der Waals surface area contributed by atoms with E-state index in [0.29, 0.717) is 0 Å². The zero-order chi connectivity index (χ0) is 14.3. The highest BCUT2D eigenvalue weighted by Crippen LogP contribution is 2.40. The third kappa shape index (κ3) is 2.31. The molecule has 0 fully saturated rings. The van der Waals surface area contributed by atoms with Crippen molar-refractivity contribution in [2.75, 3.05) is 14.1 Å². The molecule has 20 heavy (non-hydrogen) atoms. The summed E-state index contributed by atoms with van der Waals surface area (Å²) in [4.78, 5) is 25.0. The van der Waals surface area contributed by atoms with Gasteiger partial charge in [0.15, 0.2) is 0 Å². The first-order chi connectivity index (χ1) is 9.58. The van der Waals surface area contributed by atoms with Crippen molar-refractivity contribution in [2.24, 2.45) is 0 Å². The highest BCUT2D eigenvalue weighted by molar-refractivity contribution is 8.00. The van der Waals surface area contributed by atoms with Crippen molar-refractivity contribution in [3.63, 3.8) is 0 Å². The third-order valence-electron chi connectivity index (χ3n) is 3.54. The highest BCUT2D eigenvalue weighted by atomic mass is 32.2. The van der Waals surface area contributed by atoms with Crippen LogP contribution in [0.4, 0.5) is 0 Å². The average Bonchev–Trinajstić information content (AvgIpc) is 2.97. The van der Waals surface area contributed by atoms with Crippen LogP contribution in [0, 0.1) is 0 Å². The first kappa shape index (κ1) is 13.8. The largest absolute Gasteiger partial charge is 0.348 e. The van der Waals surface area contributed by atoms with Crippen molar-refractivity contribution in [1.82, 2.24) is 14.9 Å². The van der Waals surface area contributed by atoms with Crippen molar-refractivity contribution < 1.29 is 4.79 Å². The number of rotatable bonds is 3. The molecular formula is C14H17N3OS2.